The maximum absolute atomic E-state index is 5.96. The van der Waals surface area contributed by atoms with E-state index < -0.39 is 0 Å². The Morgan fingerprint density at radius 1 is 1.11 bits per heavy atom. The Morgan fingerprint density at radius 3 is 2.47 bits per heavy atom. The van der Waals surface area contributed by atoms with E-state index in [-0.39, 0.29) is 0 Å². The van der Waals surface area contributed by atoms with Crippen molar-refractivity contribution < 1.29 is 4.74 Å². The fourth-order valence-corrected chi connectivity index (χ4v) is 2.85. The van der Waals surface area contributed by atoms with E-state index in [1.54, 1.807) is 0 Å². The van der Waals surface area contributed by atoms with Gasteiger partial charge in [-0.3, -0.25) is 4.90 Å². The third kappa shape index (κ3) is 3.26. The second-order valence-corrected chi connectivity index (χ2v) is 5.55. The summed E-state index contributed by atoms with van der Waals surface area (Å²) in [6.45, 7) is 6.93. The summed E-state index contributed by atoms with van der Waals surface area (Å²) in [5.41, 5.74) is 8.64. The monoisotopic (exact) mass is 261 g/mol. The van der Waals surface area contributed by atoms with Gasteiger partial charge in [0.15, 0.2) is 0 Å². The number of anilines is 1. The van der Waals surface area contributed by atoms with E-state index in [0.717, 1.165) is 52.4 Å². The SMILES string of the molecule is NC1CCN(c2ccc(CN3CCOCC3)cc2)C1. The van der Waals surface area contributed by atoms with Crippen molar-refractivity contribution in [2.75, 3.05) is 44.3 Å². The van der Waals surface area contributed by atoms with Crippen LogP contribution in [0.3, 0.4) is 0 Å². The minimum Gasteiger partial charge on any atom is -0.379 e. The number of nitrogens with zero attached hydrogens (tertiary/aromatic N) is 2. The minimum absolute atomic E-state index is 0.341. The van der Waals surface area contributed by atoms with Crippen molar-refractivity contribution in [3.8, 4) is 0 Å². The molecule has 0 saturated carbocycles. The van der Waals surface area contributed by atoms with Gasteiger partial charge in [0.25, 0.3) is 0 Å². The number of rotatable bonds is 3. The summed E-state index contributed by atoms with van der Waals surface area (Å²) in [6.07, 6.45) is 1.11. The molecular formula is C15H23N3O. The molecule has 0 aliphatic carbocycles. The van der Waals surface area contributed by atoms with Crippen LogP contribution in [0.1, 0.15) is 12.0 Å². The van der Waals surface area contributed by atoms with E-state index in [1.165, 1.54) is 11.3 Å². The summed E-state index contributed by atoms with van der Waals surface area (Å²) >= 11 is 0. The van der Waals surface area contributed by atoms with Gasteiger partial charge in [0.2, 0.25) is 0 Å². The fraction of sp³-hybridized carbons (Fsp3) is 0.600. The first-order chi connectivity index (χ1) is 9.31. The van der Waals surface area contributed by atoms with Crippen molar-refractivity contribution in [3.05, 3.63) is 29.8 Å². The van der Waals surface area contributed by atoms with Crippen molar-refractivity contribution in [2.24, 2.45) is 5.73 Å². The van der Waals surface area contributed by atoms with Gasteiger partial charge in [0, 0.05) is 44.5 Å². The number of morpholine rings is 1. The first-order valence-electron chi connectivity index (χ1n) is 7.21. The van der Waals surface area contributed by atoms with Gasteiger partial charge in [-0.2, -0.15) is 0 Å². The van der Waals surface area contributed by atoms with Crippen molar-refractivity contribution in [1.29, 1.82) is 0 Å². The van der Waals surface area contributed by atoms with Gasteiger partial charge in [0.1, 0.15) is 0 Å². The molecule has 0 radical (unpaired) electrons. The zero-order valence-corrected chi connectivity index (χ0v) is 11.4. The van der Waals surface area contributed by atoms with Crippen LogP contribution in [0, 0.1) is 0 Å². The average molecular weight is 261 g/mol. The molecule has 4 heteroatoms. The number of benzene rings is 1. The standard InChI is InChI=1S/C15H23N3O/c16-14-5-6-18(12-14)15-3-1-13(2-4-15)11-17-7-9-19-10-8-17/h1-4,14H,5-12,16H2. The molecule has 104 valence electrons. The molecule has 1 atom stereocenters. The van der Waals surface area contributed by atoms with Gasteiger partial charge in [-0.1, -0.05) is 12.1 Å². The highest BCUT2D eigenvalue weighted by Crippen LogP contribution is 2.20. The molecule has 2 N–H and O–H groups in total. The highest BCUT2D eigenvalue weighted by atomic mass is 16.5. The van der Waals surface area contributed by atoms with Crippen LogP contribution in [-0.4, -0.2) is 50.3 Å². The highest BCUT2D eigenvalue weighted by molar-refractivity contribution is 5.48. The molecule has 2 aliphatic heterocycles. The van der Waals surface area contributed by atoms with Gasteiger partial charge in [-0.05, 0) is 24.1 Å². The van der Waals surface area contributed by atoms with Crippen molar-refractivity contribution in [2.45, 2.75) is 19.0 Å². The summed E-state index contributed by atoms with van der Waals surface area (Å²) in [5, 5.41) is 0. The van der Waals surface area contributed by atoms with Crippen LogP contribution < -0.4 is 10.6 Å². The van der Waals surface area contributed by atoms with Crippen LogP contribution in [0.25, 0.3) is 0 Å². The number of nitrogens with two attached hydrogens (primary N) is 1. The first-order valence-corrected chi connectivity index (χ1v) is 7.21. The molecule has 3 rings (SSSR count). The zero-order chi connectivity index (χ0) is 13.1. The molecule has 1 aromatic rings. The van der Waals surface area contributed by atoms with Gasteiger partial charge < -0.3 is 15.4 Å². The Hall–Kier alpha value is -1.10. The van der Waals surface area contributed by atoms with E-state index in [2.05, 4.69) is 34.1 Å². The molecular weight excluding hydrogens is 238 g/mol. The van der Waals surface area contributed by atoms with Gasteiger partial charge in [-0.25, -0.2) is 0 Å². The normalized spacial score (nSPS) is 24.9. The number of ether oxygens (including phenoxy) is 1. The Morgan fingerprint density at radius 2 is 1.84 bits per heavy atom. The Labute approximate surface area is 115 Å². The molecule has 0 aromatic heterocycles. The molecule has 4 nitrogen and oxygen atoms in total. The topological polar surface area (TPSA) is 41.7 Å². The zero-order valence-electron chi connectivity index (χ0n) is 11.4. The molecule has 1 aromatic carbocycles. The predicted molar refractivity (Wildman–Crippen MR) is 77.3 cm³/mol. The van der Waals surface area contributed by atoms with Crippen LogP contribution in [0.2, 0.25) is 0 Å². The van der Waals surface area contributed by atoms with Gasteiger partial charge in [-0.15, -0.1) is 0 Å². The van der Waals surface area contributed by atoms with Crippen LogP contribution in [0.15, 0.2) is 24.3 Å². The predicted octanol–water partition coefficient (Wildman–Crippen LogP) is 1.06. The van der Waals surface area contributed by atoms with Crippen LogP contribution in [0.5, 0.6) is 0 Å². The Balaban J connectivity index is 1.59. The summed E-state index contributed by atoms with van der Waals surface area (Å²) in [7, 11) is 0. The van der Waals surface area contributed by atoms with E-state index in [0.29, 0.717) is 6.04 Å². The summed E-state index contributed by atoms with van der Waals surface area (Å²) in [5.74, 6) is 0. The van der Waals surface area contributed by atoms with Gasteiger partial charge >= 0.3 is 0 Å². The first kappa shape index (κ1) is 12.9. The lowest BCUT2D eigenvalue weighted by atomic mass is 10.2. The molecule has 1 unspecified atom stereocenters. The molecule has 2 fully saturated rings. The summed E-state index contributed by atoms with van der Waals surface area (Å²) in [4.78, 5) is 4.83. The highest BCUT2D eigenvalue weighted by Gasteiger charge is 2.19. The lowest BCUT2D eigenvalue weighted by Gasteiger charge is -2.26. The van der Waals surface area contributed by atoms with Crippen molar-refractivity contribution in [3.63, 3.8) is 0 Å². The Kier molecular flexibility index (Phi) is 4.01. The second-order valence-electron chi connectivity index (χ2n) is 5.55. The third-order valence-corrected chi connectivity index (χ3v) is 4.04. The molecule has 2 aliphatic rings. The maximum Gasteiger partial charge on any atom is 0.0594 e. The fourth-order valence-electron chi connectivity index (χ4n) is 2.85. The Bertz CT molecular complexity index is 400. The molecule has 0 spiro atoms. The van der Waals surface area contributed by atoms with Crippen molar-refractivity contribution >= 4 is 5.69 Å². The largest absolute Gasteiger partial charge is 0.379 e. The van der Waals surface area contributed by atoms with Gasteiger partial charge in [0.05, 0.1) is 13.2 Å². The molecule has 0 bridgehead atoms. The smallest absolute Gasteiger partial charge is 0.0594 e. The molecule has 2 saturated heterocycles. The number of hydrogen-bond acceptors (Lipinski definition) is 4. The quantitative estimate of drug-likeness (QED) is 0.883. The molecule has 19 heavy (non-hydrogen) atoms. The lowest BCUT2D eigenvalue weighted by Crippen LogP contribution is -2.35. The minimum atomic E-state index is 0.341. The van der Waals surface area contributed by atoms with E-state index in [1.807, 2.05) is 0 Å². The van der Waals surface area contributed by atoms with Crippen LogP contribution >= 0.6 is 0 Å². The molecule has 0 amide bonds. The summed E-state index contributed by atoms with van der Waals surface area (Å²) < 4.78 is 5.37. The molecule has 2 heterocycles. The lowest BCUT2D eigenvalue weighted by molar-refractivity contribution is 0.0342. The van der Waals surface area contributed by atoms with Crippen LogP contribution in [0.4, 0.5) is 5.69 Å². The van der Waals surface area contributed by atoms with Crippen LogP contribution in [-0.2, 0) is 11.3 Å². The third-order valence-electron chi connectivity index (χ3n) is 4.04. The average Bonchev–Trinajstić information content (AvgIpc) is 2.87. The number of hydrogen-bond donors (Lipinski definition) is 1. The maximum atomic E-state index is 5.96. The van der Waals surface area contributed by atoms with E-state index in [4.69, 9.17) is 10.5 Å². The second kappa shape index (κ2) is 5.90. The van der Waals surface area contributed by atoms with E-state index in [9.17, 15) is 0 Å². The summed E-state index contributed by atoms with van der Waals surface area (Å²) in [6, 6.07) is 9.29. The van der Waals surface area contributed by atoms with E-state index >= 15 is 0 Å². The van der Waals surface area contributed by atoms with Crippen molar-refractivity contribution in [1.82, 2.24) is 4.90 Å².